The molecule has 3 nitrogen and oxygen atoms in total. The maximum atomic E-state index is 12.8. The van der Waals surface area contributed by atoms with Crippen molar-refractivity contribution in [1.29, 1.82) is 0 Å². The van der Waals surface area contributed by atoms with E-state index in [9.17, 15) is 4.79 Å². The van der Waals surface area contributed by atoms with Gasteiger partial charge in [-0.05, 0) is 106 Å². The summed E-state index contributed by atoms with van der Waals surface area (Å²) < 4.78 is 5.67. The predicted molar refractivity (Wildman–Crippen MR) is 105 cm³/mol. The van der Waals surface area contributed by atoms with Gasteiger partial charge in [-0.2, -0.15) is 0 Å². The zero-order chi connectivity index (χ0) is 18.6. The van der Waals surface area contributed by atoms with E-state index in [2.05, 4.69) is 6.07 Å². The molecule has 27 heavy (non-hydrogen) atoms. The van der Waals surface area contributed by atoms with Crippen molar-refractivity contribution < 1.29 is 9.53 Å². The molecule has 0 amide bonds. The summed E-state index contributed by atoms with van der Waals surface area (Å²) in [6, 6.07) is 9.69. The molecule has 3 heteroatoms. The SMILES string of the molecule is Cc1cc(C)cc(OC(=O)c2ccnc(C34CC5CC(CC(C5)C3)C4)c2)c1. The number of carbonyl (C=O) groups is 1. The third kappa shape index (κ3) is 3.07. The first-order valence-electron chi connectivity index (χ1n) is 10.3. The number of hydrogen-bond donors (Lipinski definition) is 0. The van der Waals surface area contributed by atoms with Crippen molar-refractivity contribution >= 4 is 5.97 Å². The minimum atomic E-state index is -0.284. The Morgan fingerprint density at radius 1 is 0.963 bits per heavy atom. The minimum absolute atomic E-state index is 0.199. The van der Waals surface area contributed by atoms with E-state index in [4.69, 9.17) is 9.72 Å². The average Bonchev–Trinajstić information content (AvgIpc) is 2.60. The number of hydrogen-bond acceptors (Lipinski definition) is 3. The standard InChI is InChI=1S/C24H27NO2/c1-15-5-16(2)7-21(6-15)27-23(26)20-3-4-25-22(11-20)24-12-17-8-18(13-24)10-19(9-17)14-24/h3-7,11,17-19H,8-10,12-14H2,1-2H3. The molecule has 0 spiro atoms. The third-order valence-corrected chi connectivity index (χ3v) is 6.98. The number of carbonyl (C=O) groups excluding carboxylic acids is 1. The largest absolute Gasteiger partial charge is 0.423 e. The highest BCUT2D eigenvalue weighted by Crippen LogP contribution is 2.60. The van der Waals surface area contributed by atoms with Crippen LogP contribution in [0.1, 0.15) is 65.7 Å². The molecule has 2 aromatic rings. The Hall–Kier alpha value is -2.16. The van der Waals surface area contributed by atoms with Crippen LogP contribution < -0.4 is 4.74 Å². The molecule has 0 radical (unpaired) electrons. The molecule has 4 aliphatic rings. The van der Waals surface area contributed by atoms with E-state index in [1.165, 1.54) is 38.5 Å². The van der Waals surface area contributed by atoms with E-state index >= 15 is 0 Å². The first-order chi connectivity index (χ1) is 13.0. The van der Waals surface area contributed by atoms with Gasteiger partial charge >= 0.3 is 5.97 Å². The molecule has 1 aromatic heterocycles. The summed E-state index contributed by atoms with van der Waals surface area (Å²) in [6.07, 6.45) is 9.78. The fraction of sp³-hybridized carbons (Fsp3) is 0.500. The molecular formula is C24H27NO2. The van der Waals surface area contributed by atoms with Crippen LogP contribution in [-0.2, 0) is 5.41 Å². The van der Waals surface area contributed by atoms with Crippen molar-refractivity contribution in [1.82, 2.24) is 4.98 Å². The van der Waals surface area contributed by atoms with Crippen molar-refractivity contribution in [2.24, 2.45) is 17.8 Å². The summed E-state index contributed by atoms with van der Waals surface area (Å²) in [6.45, 7) is 4.03. The molecule has 1 heterocycles. The fourth-order valence-electron chi connectivity index (χ4n) is 6.43. The summed E-state index contributed by atoms with van der Waals surface area (Å²) >= 11 is 0. The van der Waals surface area contributed by atoms with E-state index < -0.39 is 0 Å². The summed E-state index contributed by atoms with van der Waals surface area (Å²) in [5.74, 6) is 2.93. The number of nitrogens with zero attached hydrogens (tertiary/aromatic N) is 1. The molecule has 1 aromatic carbocycles. The highest BCUT2D eigenvalue weighted by Gasteiger charge is 2.52. The summed E-state index contributed by atoms with van der Waals surface area (Å²) in [5.41, 5.74) is 4.14. The Bertz CT molecular complexity index is 845. The molecule has 140 valence electrons. The van der Waals surface area contributed by atoms with Crippen molar-refractivity contribution in [3.8, 4) is 5.75 Å². The lowest BCUT2D eigenvalue weighted by Gasteiger charge is -2.56. The Balaban J connectivity index is 1.41. The van der Waals surface area contributed by atoms with Crippen LogP contribution in [0.4, 0.5) is 0 Å². The second-order valence-electron chi connectivity index (χ2n) is 9.34. The Labute approximate surface area is 161 Å². The third-order valence-electron chi connectivity index (χ3n) is 6.98. The van der Waals surface area contributed by atoms with Crippen molar-refractivity contribution in [2.75, 3.05) is 0 Å². The quantitative estimate of drug-likeness (QED) is 0.544. The van der Waals surface area contributed by atoms with Gasteiger partial charge in [-0.25, -0.2) is 4.79 Å². The maximum absolute atomic E-state index is 12.8. The molecule has 6 rings (SSSR count). The van der Waals surface area contributed by atoms with Gasteiger partial charge in [-0.1, -0.05) is 6.07 Å². The van der Waals surface area contributed by atoms with Gasteiger partial charge in [0.15, 0.2) is 0 Å². The van der Waals surface area contributed by atoms with E-state index in [-0.39, 0.29) is 11.4 Å². The highest BCUT2D eigenvalue weighted by molar-refractivity contribution is 5.91. The van der Waals surface area contributed by atoms with Crippen LogP contribution in [0, 0.1) is 31.6 Å². The van der Waals surface area contributed by atoms with Crippen LogP contribution in [0.5, 0.6) is 5.75 Å². The number of aromatic nitrogens is 1. The number of benzene rings is 1. The predicted octanol–water partition coefficient (Wildman–Crippen LogP) is 5.39. The van der Waals surface area contributed by atoms with E-state index in [0.29, 0.717) is 11.3 Å². The Morgan fingerprint density at radius 3 is 2.15 bits per heavy atom. The highest BCUT2D eigenvalue weighted by atomic mass is 16.5. The molecule has 4 saturated carbocycles. The van der Waals surface area contributed by atoms with Gasteiger partial charge in [0.1, 0.15) is 5.75 Å². The maximum Gasteiger partial charge on any atom is 0.343 e. The van der Waals surface area contributed by atoms with E-state index in [1.54, 1.807) is 12.3 Å². The lowest BCUT2D eigenvalue weighted by Crippen LogP contribution is -2.49. The second-order valence-corrected chi connectivity index (χ2v) is 9.34. The molecular weight excluding hydrogens is 334 g/mol. The average molecular weight is 361 g/mol. The van der Waals surface area contributed by atoms with Crippen LogP contribution in [0.15, 0.2) is 36.5 Å². The van der Waals surface area contributed by atoms with Gasteiger partial charge in [-0.3, -0.25) is 4.98 Å². The van der Waals surface area contributed by atoms with E-state index in [0.717, 1.165) is 34.6 Å². The van der Waals surface area contributed by atoms with Crippen LogP contribution >= 0.6 is 0 Å². The summed E-state index contributed by atoms with van der Waals surface area (Å²) in [5, 5.41) is 0. The van der Waals surface area contributed by atoms with Gasteiger partial charge in [0.05, 0.1) is 5.56 Å². The molecule has 0 saturated heterocycles. The topological polar surface area (TPSA) is 39.2 Å². The lowest BCUT2D eigenvalue weighted by atomic mass is 9.48. The van der Waals surface area contributed by atoms with E-state index in [1.807, 2.05) is 32.0 Å². The Kier molecular flexibility index (Phi) is 3.89. The number of rotatable bonds is 3. The molecule has 0 atom stereocenters. The zero-order valence-corrected chi connectivity index (χ0v) is 16.2. The second kappa shape index (κ2) is 6.19. The number of pyridine rings is 1. The minimum Gasteiger partial charge on any atom is -0.423 e. The van der Waals surface area contributed by atoms with Crippen molar-refractivity contribution in [3.05, 3.63) is 58.9 Å². The zero-order valence-electron chi connectivity index (χ0n) is 16.2. The number of esters is 1. The van der Waals surface area contributed by atoms with Gasteiger partial charge in [0, 0.05) is 17.3 Å². The lowest BCUT2D eigenvalue weighted by molar-refractivity contribution is -0.00723. The smallest absolute Gasteiger partial charge is 0.343 e. The van der Waals surface area contributed by atoms with Crippen LogP contribution in [-0.4, -0.2) is 11.0 Å². The molecule has 4 bridgehead atoms. The summed E-state index contributed by atoms with van der Waals surface area (Å²) in [7, 11) is 0. The normalized spacial score (nSPS) is 31.1. The van der Waals surface area contributed by atoms with Gasteiger partial charge in [0.2, 0.25) is 0 Å². The Morgan fingerprint density at radius 2 is 1.56 bits per heavy atom. The molecule has 4 fully saturated rings. The molecule has 4 aliphatic carbocycles. The van der Waals surface area contributed by atoms with Gasteiger partial charge in [0.25, 0.3) is 0 Å². The van der Waals surface area contributed by atoms with Gasteiger partial charge < -0.3 is 4.74 Å². The van der Waals surface area contributed by atoms with Crippen LogP contribution in [0.25, 0.3) is 0 Å². The van der Waals surface area contributed by atoms with Crippen molar-refractivity contribution in [3.63, 3.8) is 0 Å². The monoisotopic (exact) mass is 361 g/mol. The van der Waals surface area contributed by atoms with Crippen molar-refractivity contribution in [2.45, 2.75) is 57.8 Å². The number of ether oxygens (including phenoxy) is 1. The molecule has 0 unspecified atom stereocenters. The number of aryl methyl sites for hydroxylation is 2. The first kappa shape index (κ1) is 17.0. The fourth-order valence-corrected chi connectivity index (χ4v) is 6.43. The molecule has 0 N–H and O–H groups in total. The van der Waals surface area contributed by atoms with Crippen LogP contribution in [0.3, 0.4) is 0 Å². The summed E-state index contributed by atoms with van der Waals surface area (Å²) in [4.78, 5) is 17.5. The molecule has 0 aliphatic heterocycles. The first-order valence-corrected chi connectivity index (χ1v) is 10.3. The van der Waals surface area contributed by atoms with Gasteiger partial charge in [-0.15, -0.1) is 0 Å². The van der Waals surface area contributed by atoms with Crippen LogP contribution in [0.2, 0.25) is 0 Å².